The number of rotatable bonds is 17. The first-order valence-electron chi connectivity index (χ1n) is 11.5. The van der Waals surface area contributed by atoms with Gasteiger partial charge in [-0.3, -0.25) is 4.79 Å². The van der Waals surface area contributed by atoms with Crippen molar-refractivity contribution in [3.63, 3.8) is 0 Å². The number of unbranched alkanes of at least 4 members (excludes halogenated alkanes) is 9. The molecule has 4 heteroatoms. The standard InChI is InChI=1S/C23H43NO3/c1-4-6-7-8-10-13-17-20-21(16-5-2)24-27-22(20)18-14-11-9-12-15-19-23(25)26-3/h20,22H,4-19H2,1-3H3. The lowest BCUT2D eigenvalue weighted by Crippen LogP contribution is -2.23. The molecule has 2 atom stereocenters. The summed E-state index contributed by atoms with van der Waals surface area (Å²) < 4.78 is 4.68. The van der Waals surface area contributed by atoms with Gasteiger partial charge in [-0.05, 0) is 32.1 Å². The smallest absolute Gasteiger partial charge is 0.305 e. The van der Waals surface area contributed by atoms with E-state index in [0.717, 1.165) is 32.1 Å². The Labute approximate surface area is 167 Å². The summed E-state index contributed by atoms with van der Waals surface area (Å²) in [5.41, 5.74) is 1.31. The summed E-state index contributed by atoms with van der Waals surface area (Å²) in [7, 11) is 1.46. The topological polar surface area (TPSA) is 47.9 Å². The first-order chi connectivity index (χ1) is 13.2. The quantitative estimate of drug-likeness (QED) is 0.205. The van der Waals surface area contributed by atoms with Crippen molar-refractivity contribution < 1.29 is 14.4 Å². The molecular formula is C23H43NO3. The van der Waals surface area contributed by atoms with Crippen LogP contribution in [0.25, 0.3) is 0 Å². The number of carbonyl (C=O) groups excluding carboxylic acids is 1. The third-order valence-electron chi connectivity index (χ3n) is 5.65. The maximum absolute atomic E-state index is 11.1. The highest BCUT2D eigenvalue weighted by molar-refractivity contribution is 5.87. The molecule has 1 rings (SSSR count). The average Bonchev–Trinajstić information content (AvgIpc) is 3.05. The minimum atomic E-state index is -0.0903. The summed E-state index contributed by atoms with van der Waals surface area (Å²) in [5.74, 6) is 0.461. The van der Waals surface area contributed by atoms with Crippen LogP contribution in [0, 0.1) is 5.92 Å². The molecule has 0 aliphatic carbocycles. The lowest BCUT2D eigenvalue weighted by Gasteiger charge is -2.19. The maximum Gasteiger partial charge on any atom is 0.305 e. The lowest BCUT2D eigenvalue weighted by molar-refractivity contribution is -0.140. The van der Waals surface area contributed by atoms with Gasteiger partial charge in [0.15, 0.2) is 0 Å². The van der Waals surface area contributed by atoms with Crippen LogP contribution in [-0.2, 0) is 14.4 Å². The largest absolute Gasteiger partial charge is 0.469 e. The molecule has 1 heterocycles. The number of ether oxygens (including phenoxy) is 1. The molecule has 0 radical (unpaired) electrons. The first kappa shape index (κ1) is 24.0. The number of esters is 1. The molecule has 0 aromatic heterocycles. The van der Waals surface area contributed by atoms with Gasteiger partial charge in [0.2, 0.25) is 0 Å². The molecule has 27 heavy (non-hydrogen) atoms. The van der Waals surface area contributed by atoms with E-state index in [4.69, 9.17) is 4.84 Å². The monoisotopic (exact) mass is 381 g/mol. The predicted molar refractivity (Wildman–Crippen MR) is 113 cm³/mol. The van der Waals surface area contributed by atoms with Crippen LogP contribution in [0.15, 0.2) is 5.16 Å². The fourth-order valence-electron chi connectivity index (χ4n) is 3.98. The molecule has 2 unspecified atom stereocenters. The third-order valence-corrected chi connectivity index (χ3v) is 5.65. The van der Waals surface area contributed by atoms with Gasteiger partial charge in [-0.15, -0.1) is 0 Å². The van der Waals surface area contributed by atoms with Gasteiger partial charge in [0.1, 0.15) is 6.10 Å². The average molecular weight is 382 g/mol. The van der Waals surface area contributed by atoms with E-state index in [1.807, 2.05) is 0 Å². The molecule has 0 saturated heterocycles. The summed E-state index contributed by atoms with van der Waals surface area (Å²) in [6, 6.07) is 0. The molecule has 0 saturated carbocycles. The van der Waals surface area contributed by atoms with Gasteiger partial charge in [0.25, 0.3) is 0 Å². The van der Waals surface area contributed by atoms with Crippen LogP contribution >= 0.6 is 0 Å². The normalized spacial score (nSPS) is 19.0. The van der Waals surface area contributed by atoms with E-state index in [2.05, 4.69) is 23.7 Å². The molecule has 0 fully saturated rings. The Kier molecular flexibility index (Phi) is 14.2. The molecule has 4 nitrogen and oxygen atoms in total. The van der Waals surface area contributed by atoms with Gasteiger partial charge in [-0.1, -0.05) is 83.2 Å². The second-order valence-corrected chi connectivity index (χ2v) is 8.02. The summed E-state index contributed by atoms with van der Waals surface area (Å²) in [6.45, 7) is 4.50. The van der Waals surface area contributed by atoms with Crippen LogP contribution in [-0.4, -0.2) is 24.9 Å². The lowest BCUT2D eigenvalue weighted by atomic mass is 9.86. The van der Waals surface area contributed by atoms with Gasteiger partial charge < -0.3 is 9.57 Å². The zero-order valence-electron chi connectivity index (χ0n) is 18.1. The molecule has 0 spiro atoms. The Morgan fingerprint density at radius 3 is 2.19 bits per heavy atom. The highest BCUT2D eigenvalue weighted by atomic mass is 16.6. The number of hydrogen-bond acceptors (Lipinski definition) is 4. The van der Waals surface area contributed by atoms with E-state index < -0.39 is 0 Å². The fourth-order valence-corrected chi connectivity index (χ4v) is 3.98. The van der Waals surface area contributed by atoms with Crippen LogP contribution in [0.3, 0.4) is 0 Å². The zero-order chi connectivity index (χ0) is 19.7. The van der Waals surface area contributed by atoms with E-state index in [-0.39, 0.29) is 5.97 Å². The molecule has 0 amide bonds. The van der Waals surface area contributed by atoms with Gasteiger partial charge in [0, 0.05) is 12.3 Å². The van der Waals surface area contributed by atoms with Crippen molar-refractivity contribution in [2.75, 3.05) is 7.11 Å². The van der Waals surface area contributed by atoms with E-state index in [1.165, 1.54) is 77.0 Å². The number of oxime groups is 1. The molecule has 0 aromatic carbocycles. The summed E-state index contributed by atoms with van der Waals surface area (Å²) in [5, 5.41) is 4.44. The van der Waals surface area contributed by atoms with E-state index >= 15 is 0 Å². The Balaban J connectivity index is 2.20. The van der Waals surface area contributed by atoms with Crippen molar-refractivity contribution in [3.8, 4) is 0 Å². The Hall–Kier alpha value is -1.06. The van der Waals surface area contributed by atoms with Crippen molar-refractivity contribution >= 4 is 11.7 Å². The van der Waals surface area contributed by atoms with Crippen molar-refractivity contribution in [2.24, 2.45) is 11.1 Å². The number of methoxy groups -OCH3 is 1. The maximum atomic E-state index is 11.1. The van der Waals surface area contributed by atoms with Gasteiger partial charge >= 0.3 is 5.97 Å². The van der Waals surface area contributed by atoms with E-state index in [1.54, 1.807) is 0 Å². The first-order valence-corrected chi connectivity index (χ1v) is 11.5. The van der Waals surface area contributed by atoms with Crippen LogP contribution in [0.1, 0.15) is 117 Å². The molecule has 0 aromatic rings. The SMILES string of the molecule is CCCCCCCCC1C(CCC)=NOC1CCCCCCCC(=O)OC. The van der Waals surface area contributed by atoms with Crippen LogP contribution < -0.4 is 0 Å². The van der Waals surface area contributed by atoms with Crippen molar-refractivity contribution in [1.82, 2.24) is 0 Å². The molecule has 0 N–H and O–H groups in total. The van der Waals surface area contributed by atoms with Crippen molar-refractivity contribution in [2.45, 2.75) is 123 Å². The summed E-state index contributed by atoms with van der Waals surface area (Å²) in [6.07, 6.45) is 19.2. The van der Waals surface area contributed by atoms with Crippen molar-refractivity contribution in [1.29, 1.82) is 0 Å². The second-order valence-electron chi connectivity index (χ2n) is 8.02. The predicted octanol–water partition coefficient (Wildman–Crippen LogP) is 6.81. The van der Waals surface area contributed by atoms with E-state index in [9.17, 15) is 4.79 Å². The second kappa shape index (κ2) is 15.9. The molecule has 1 aliphatic rings. The highest BCUT2D eigenvalue weighted by Crippen LogP contribution is 2.30. The molecule has 1 aliphatic heterocycles. The fraction of sp³-hybridized carbons (Fsp3) is 0.913. The minimum absolute atomic E-state index is 0.0903. The van der Waals surface area contributed by atoms with Crippen molar-refractivity contribution in [3.05, 3.63) is 0 Å². The molecular weight excluding hydrogens is 338 g/mol. The Morgan fingerprint density at radius 2 is 1.52 bits per heavy atom. The third kappa shape index (κ3) is 10.8. The summed E-state index contributed by atoms with van der Waals surface area (Å²) >= 11 is 0. The Bertz CT molecular complexity index is 408. The van der Waals surface area contributed by atoms with Gasteiger partial charge in [-0.25, -0.2) is 0 Å². The van der Waals surface area contributed by atoms with Crippen LogP contribution in [0.5, 0.6) is 0 Å². The summed E-state index contributed by atoms with van der Waals surface area (Å²) in [4.78, 5) is 16.9. The zero-order valence-corrected chi connectivity index (χ0v) is 18.1. The number of hydrogen-bond donors (Lipinski definition) is 0. The van der Waals surface area contributed by atoms with E-state index in [0.29, 0.717) is 18.4 Å². The van der Waals surface area contributed by atoms with Crippen LogP contribution in [0.4, 0.5) is 0 Å². The van der Waals surface area contributed by atoms with Gasteiger partial charge in [0.05, 0.1) is 12.8 Å². The highest BCUT2D eigenvalue weighted by Gasteiger charge is 2.32. The minimum Gasteiger partial charge on any atom is -0.469 e. The molecule has 158 valence electrons. The Morgan fingerprint density at radius 1 is 0.889 bits per heavy atom. The van der Waals surface area contributed by atoms with Gasteiger partial charge in [-0.2, -0.15) is 0 Å². The number of carbonyl (C=O) groups is 1. The molecule has 0 bridgehead atoms. The number of nitrogens with zero attached hydrogens (tertiary/aromatic N) is 1. The van der Waals surface area contributed by atoms with Crippen LogP contribution in [0.2, 0.25) is 0 Å².